The number of halogens is 2. The van der Waals surface area contributed by atoms with Gasteiger partial charge in [0.2, 0.25) is 0 Å². The van der Waals surface area contributed by atoms with Gasteiger partial charge >= 0.3 is 0 Å². The minimum atomic E-state index is 0.0206. The Balaban J connectivity index is 2.42. The quantitative estimate of drug-likeness (QED) is 0.887. The highest BCUT2D eigenvalue weighted by Crippen LogP contribution is 2.23. The van der Waals surface area contributed by atoms with Crippen molar-refractivity contribution in [2.24, 2.45) is 0 Å². The summed E-state index contributed by atoms with van der Waals surface area (Å²) in [7, 11) is 0. The summed E-state index contributed by atoms with van der Waals surface area (Å²) in [6.07, 6.45) is 2.16. The number of benzene rings is 1. The van der Waals surface area contributed by atoms with E-state index >= 15 is 0 Å². The second-order valence-electron chi connectivity index (χ2n) is 3.86. The minimum Gasteiger partial charge on any atom is -0.365 e. The molecule has 0 radical (unpaired) electrons. The molecule has 0 amide bonds. The van der Waals surface area contributed by atoms with Crippen LogP contribution in [-0.2, 0) is 6.42 Å². The molecule has 0 spiro atoms. The molecule has 0 unspecified atom stereocenters. The van der Waals surface area contributed by atoms with Gasteiger partial charge in [0, 0.05) is 40.0 Å². The molecule has 0 aliphatic heterocycles. The number of pyridine rings is 1. The van der Waals surface area contributed by atoms with Crippen LogP contribution in [-0.4, -0.2) is 4.98 Å². The third kappa shape index (κ3) is 2.71. The smallest absolute Gasteiger partial charge is 0.185 e. The molecule has 4 heteroatoms. The largest absolute Gasteiger partial charge is 0.365 e. The number of hydrogen-bond donors (Lipinski definition) is 1. The first-order valence-corrected chi connectivity index (χ1v) is 5.94. The monoisotopic (exact) mass is 267 g/mol. The van der Waals surface area contributed by atoms with Crippen LogP contribution in [0.2, 0.25) is 10.0 Å². The van der Waals surface area contributed by atoms with Crippen LogP contribution >= 0.6 is 23.2 Å². The zero-order valence-electron chi connectivity index (χ0n) is 9.26. The number of nitrogens with one attached hydrogen (secondary N) is 1. The molecule has 2 aromatic rings. The Kier molecular flexibility index (Phi) is 3.55. The van der Waals surface area contributed by atoms with Crippen molar-refractivity contribution in [3.8, 4) is 0 Å². The molecular weight excluding hydrogens is 257 g/mol. The lowest BCUT2D eigenvalue weighted by Crippen LogP contribution is -2.11. The van der Waals surface area contributed by atoms with Crippen molar-refractivity contribution < 1.29 is 0 Å². The molecule has 0 saturated heterocycles. The van der Waals surface area contributed by atoms with Crippen molar-refractivity contribution in [2.45, 2.75) is 13.3 Å². The van der Waals surface area contributed by atoms with E-state index in [0.29, 0.717) is 16.5 Å². The zero-order chi connectivity index (χ0) is 12.4. The van der Waals surface area contributed by atoms with Gasteiger partial charge in [-0.2, -0.15) is 0 Å². The van der Waals surface area contributed by atoms with Crippen LogP contribution in [0.15, 0.2) is 35.3 Å². The molecule has 88 valence electrons. The van der Waals surface area contributed by atoms with E-state index in [9.17, 15) is 4.79 Å². The van der Waals surface area contributed by atoms with Crippen molar-refractivity contribution >= 4 is 23.2 Å². The van der Waals surface area contributed by atoms with Gasteiger partial charge in [0.25, 0.3) is 0 Å². The first kappa shape index (κ1) is 12.2. The van der Waals surface area contributed by atoms with Crippen LogP contribution in [0.25, 0.3) is 0 Å². The molecule has 17 heavy (non-hydrogen) atoms. The van der Waals surface area contributed by atoms with E-state index in [1.807, 2.05) is 13.0 Å². The normalized spacial score (nSPS) is 10.5. The fourth-order valence-electron chi connectivity index (χ4n) is 1.69. The van der Waals surface area contributed by atoms with Gasteiger partial charge < -0.3 is 4.98 Å². The molecular formula is C13H11Cl2NO. The lowest BCUT2D eigenvalue weighted by Gasteiger charge is -2.07. The van der Waals surface area contributed by atoms with Gasteiger partial charge in [-0.25, -0.2) is 0 Å². The van der Waals surface area contributed by atoms with Crippen LogP contribution in [0.5, 0.6) is 0 Å². The fourth-order valence-corrected chi connectivity index (χ4v) is 2.17. The summed E-state index contributed by atoms with van der Waals surface area (Å²) >= 11 is 11.9. The molecule has 0 aliphatic carbocycles. The third-order valence-electron chi connectivity index (χ3n) is 2.67. The highest BCUT2D eigenvalue weighted by molar-refractivity contribution is 6.35. The van der Waals surface area contributed by atoms with Crippen molar-refractivity contribution in [1.82, 2.24) is 4.98 Å². The lowest BCUT2D eigenvalue weighted by molar-refractivity contribution is 1.06. The van der Waals surface area contributed by atoms with E-state index in [2.05, 4.69) is 4.98 Å². The second-order valence-corrected chi connectivity index (χ2v) is 4.70. The van der Waals surface area contributed by atoms with Gasteiger partial charge in [-0.05, 0) is 24.6 Å². The molecule has 0 atom stereocenters. The second kappa shape index (κ2) is 4.94. The van der Waals surface area contributed by atoms with Gasteiger partial charge in [-0.15, -0.1) is 0 Å². The fraction of sp³-hybridized carbons (Fsp3) is 0.154. The standard InChI is InChI=1S/C13H11Cl2NO/c1-8-11(13(17)4-5-16-8)6-9-2-3-10(14)7-12(9)15/h2-5,7H,6H2,1H3,(H,16,17). The van der Waals surface area contributed by atoms with Crippen LogP contribution in [0.1, 0.15) is 16.8 Å². The number of hydrogen-bond acceptors (Lipinski definition) is 1. The maximum atomic E-state index is 11.7. The zero-order valence-corrected chi connectivity index (χ0v) is 10.8. The summed E-state index contributed by atoms with van der Waals surface area (Å²) < 4.78 is 0. The molecule has 1 aromatic heterocycles. The van der Waals surface area contributed by atoms with E-state index in [1.165, 1.54) is 6.07 Å². The van der Waals surface area contributed by atoms with E-state index in [1.54, 1.807) is 18.3 Å². The number of aryl methyl sites for hydroxylation is 1. The van der Waals surface area contributed by atoms with Gasteiger partial charge in [-0.1, -0.05) is 29.3 Å². The highest BCUT2D eigenvalue weighted by Gasteiger charge is 2.07. The first-order valence-electron chi connectivity index (χ1n) is 5.19. The average molecular weight is 268 g/mol. The molecule has 2 nitrogen and oxygen atoms in total. The number of aromatic nitrogens is 1. The minimum absolute atomic E-state index is 0.0206. The number of aromatic amines is 1. The van der Waals surface area contributed by atoms with E-state index in [0.717, 1.165) is 16.8 Å². The molecule has 0 fully saturated rings. The van der Waals surface area contributed by atoms with Crippen molar-refractivity contribution in [3.63, 3.8) is 0 Å². The summed E-state index contributed by atoms with van der Waals surface area (Å²) in [5.74, 6) is 0. The van der Waals surface area contributed by atoms with Gasteiger partial charge in [0.05, 0.1) is 0 Å². The Hall–Kier alpha value is -1.25. The summed E-state index contributed by atoms with van der Waals surface area (Å²) in [5.41, 5.74) is 2.52. The Morgan fingerprint density at radius 3 is 2.65 bits per heavy atom. The van der Waals surface area contributed by atoms with Crippen molar-refractivity contribution in [3.05, 3.63) is 67.6 Å². The maximum absolute atomic E-state index is 11.7. The van der Waals surface area contributed by atoms with E-state index in [4.69, 9.17) is 23.2 Å². The van der Waals surface area contributed by atoms with E-state index < -0.39 is 0 Å². The predicted octanol–water partition coefficient (Wildman–Crippen LogP) is 3.58. The topological polar surface area (TPSA) is 32.9 Å². The summed E-state index contributed by atoms with van der Waals surface area (Å²) in [4.78, 5) is 14.8. The Morgan fingerprint density at radius 2 is 2.00 bits per heavy atom. The van der Waals surface area contributed by atoms with Crippen molar-refractivity contribution in [1.29, 1.82) is 0 Å². The van der Waals surface area contributed by atoms with Gasteiger partial charge in [-0.3, -0.25) is 4.79 Å². The highest BCUT2D eigenvalue weighted by atomic mass is 35.5. The SMILES string of the molecule is Cc1[nH]ccc(=O)c1Cc1ccc(Cl)cc1Cl. The summed E-state index contributed by atoms with van der Waals surface area (Å²) in [6.45, 7) is 1.88. The van der Waals surface area contributed by atoms with Gasteiger partial charge in [0.1, 0.15) is 0 Å². The molecule has 0 bridgehead atoms. The average Bonchev–Trinajstić information content (AvgIpc) is 2.26. The van der Waals surface area contributed by atoms with Crippen LogP contribution < -0.4 is 5.43 Å². The molecule has 1 heterocycles. The Morgan fingerprint density at radius 1 is 1.24 bits per heavy atom. The molecule has 2 rings (SSSR count). The van der Waals surface area contributed by atoms with Gasteiger partial charge in [0.15, 0.2) is 5.43 Å². The molecule has 0 saturated carbocycles. The summed E-state index contributed by atoms with van der Waals surface area (Å²) in [6, 6.07) is 6.82. The number of rotatable bonds is 2. The first-order chi connectivity index (χ1) is 8.08. The van der Waals surface area contributed by atoms with Crippen LogP contribution in [0.4, 0.5) is 0 Å². The molecule has 1 aromatic carbocycles. The maximum Gasteiger partial charge on any atom is 0.185 e. The number of H-pyrrole nitrogens is 1. The molecule has 0 aliphatic rings. The predicted molar refractivity (Wildman–Crippen MR) is 71.1 cm³/mol. The molecule has 1 N–H and O–H groups in total. The lowest BCUT2D eigenvalue weighted by atomic mass is 10.0. The Bertz CT molecular complexity index is 605. The van der Waals surface area contributed by atoms with Crippen LogP contribution in [0, 0.1) is 6.92 Å². The third-order valence-corrected chi connectivity index (χ3v) is 3.25. The van der Waals surface area contributed by atoms with Crippen LogP contribution in [0.3, 0.4) is 0 Å². The Labute approximate surface area is 109 Å². The summed E-state index contributed by atoms with van der Waals surface area (Å²) in [5, 5.41) is 1.18. The van der Waals surface area contributed by atoms with E-state index in [-0.39, 0.29) is 5.43 Å². The van der Waals surface area contributed by atoms with Crippen molar-refractivity contribution in [2.75, 3.05) is 0 Å².